The van der Waals surface area contributed by atoms with Crippen LogP contribution < -0.4 is 5.11 Å². The topological polar surface area (TPSA) is 111 Å². The first-order chi connectivity index (χ1) is 33.6. The Bertz CT molecular complexity index is 1360. The molecule has 0 radical (unpaired) electrons. The minimum absolute atomic E-state index is 0.138. The number of hydrogen-bond acceptors (Lipinski definition) is 8. The van der Waals surface area contributed by atoms with E-state index in [9.17, 15) is 19.5 Å². The highest BCUT2D eigenvalue weighted by molar-refractivity contribution is 5.70. The second-order valence-electron chi connectivity index (χ2n) is 19.8. The predicted octanol–water partition coefficient (Wildman–Crippen LogP) is 14.9. The van der Waals surface area contributed by atoms with Crippen molar-refractivity contribution >= 4 is 17.9 Å². The number of nitrogens with zero attached hydrogens (tertiary/aromatic N) is 1. The molecular weight excluding hydrogens is 863 g/mol. The smallest absolute Gasteiger partial charge is 0.306 e. The Balaban J connectivity index is 4.29. The molecule has 9 nitrogen and oxygen atoms in total. The van der Waals surface area contributed by atoms with Crippen LogP contribution in [-0.4, -0.2) is 82.3 Å². The van der Waals surface area contributed by atoms with Gasteiger partial charge >= 0.3 is 11.9 Å². The van der Waals surface area contributed by atoms with Crippen molar-refractivity contribution < 1.29 is 42.9 Å². The van der Waals surface area contributed by atoms with Crippen LogP contribution in [0.25, 0.3) is 0 Å². The van der Waals surface area contributed by atoms with E-state index in [4.69, 9.17) is 18.9 Å². The molecule has 0 spiro atoms. The highest BCUT2D eigenvalue weighted by Gasteiger charge is 2.22. The average Bonchev–Trinajstić information content (AvgIpc) is 3.31. The van der Waals surface area contributed by atoms with Crippen molar-refractivity contribution in [3.8, 4) is 0 Å². The molecule has 0 amide bonds. The maximum absolute atomic E-state index is 12.8. The van der Waals surface area contributed by atoms with Crippen LogP contribution in [0.4, 0.5) is 0 Å². The highest BCUT2D eigenvalue weighted by Crippen LogP contribution is 2.15. The number of carboxylic acids is 1. The molecule has 0 aromatic carbocycles. The number of allylic oxidation sites excluding steroid dienone is 12. The molecule has 0 rings (SSSR count). The number of carboxylic acid groups (broad SMARTS) is 1. The van der Waals surface area contributed by atoms with Gasteiger partial charge in [0.25, 0.3) is 0 Å². The van der Waals surface area contributed by atoms with Gasteiger partial charge in [-0.05, 0) is 83.5 Å². The zero-order valence-electron chi connectivity index (χ0n) is 45.2. The number of unbranched alkanes of at least 4 members (excludes halogenated alkanes) is 24. The molecule has 2 unspecified atom stereocenters. The van der Waals surface area contributed by atoms with Gasteiger partial charge in [-0.2, -0.15) is 0 Å². The van der Waals surface area contributed by atoms with Crippen LogP contribution in [0, 0.1) is 0 Å². The third-order valence-electron chi connectivity index (χ3n) is 11.9. The highest BCUT2D eigenvalue weighted by atomic mass is 16.7. The summed E-state index contributed by atoms with van der Waals surface area (Å²) < 4.78 is 22.6. The third kappa shape index (κ3) is 52.4. The average molecular weight is 968 g/mol. The Kier molecular flexibility index (Phi) is 48.7. The van der Waals surface area contributed by atoms with Crippen LogP contribution in [0.3, 0.4) is 0 Å². The van der Waals surface area contributed by atoms with Gasteiger partial charge in [-0.25, -0.2) is 0 Å². The summed E-state index contributed by atoms with van der Waals surface area (Å²) in [6, 6.07) is 0. The zero-order valence-corrected chi connectivity index (χ0v) is 45.2. The number of carbonyl (C=O) groups is 3. The van der Waals surface area contributed by atoms with E-state index in [1.54, 1.807) is 0 Å². The fraction of sp³-hybridized carbons (Fsp3) is 0.750. The number of hydrogen-bond donors (Lipinski definition) is 0. The quantitative estimate of drug-likeness (QED) is 0.0195. The molecular formula is C60H105NO8. The number of rotatable bonds is 51. The lowest BCUT2D eigenvalue weighted by molar-refractivity contribution is -0.870. The van der Waals surface area contributed by atoms with E-state index in [1.165, 1.54) is 128 Å². The molecule has 0 bridgehead atoms. The van der Waals surface area contributed by atoms with Gasteiger partial charge in [0.05, 0.1) is 40.3 Å². The van der Waals surface area contributed by atoms with Crippen molar-refractivity contribution in [3.63, 3.8) is 0 Å². The number of ether oxygens (including phenoxy) is 4. The van der Waals surface area contributed by atoms with Gasteiger partial charge in [0, 0.05) is 12.8 Å². The first-order valence-electron chi connectivity index (χ1n) is 28.1. The summed E-state index contributed by atoms with van der Waals surface area (Å²) in [5, 5.41) is 11.8. The number of likely N-dealkylation sites (N-methyl/N-ethyl adjacent to an activating group) is 1. The van der Waals surface area contributed by atoms with Gasteiger partial charge < -0.3 is 33.3 Å². The predicted molar refractivity (Wildman–Crippen MR) is 288 cm³/mol. The molecule has 0 heterocycles. The second-order valence-corrected chi connectivity index (χ2v) is 19.8. The molecule has 0 saturated heterocycles. The third-order valence-corrected chi connectivity index (χ3v) is 11.9. The van der Waals surface area contributed by atoms with E-state index in [0.29, 0.717) is 17.4 Å². The summed E-state index contributed by atoms with van der Waals surface area (Å²) in [6.45, 7) is 4.60. The molecule has 0 aliphatic rings. The van der Waals surface area contributed by atoms with Crippen molar-refractivity contribution in [2.75, 3.05) is 47.5 Å². The fourth-order valence-electron chi connectivity index (χ4n) is 7.62. The lowest BCUT2D eigenvalue weighted by atomic mass is 10.0. The van der Waals surface area contributed by atoms with Gasteiger partial charge in [-0.15, -0.1) is 0 Å². The Hall–Kier alpha value is -3.27. The van der Waals surface area contributed by atoms with E-state index >= 15 is 0 Å². The SMILES string of the molecule is CC/C=C\C/C=C\C/C=C\C/C=C\C/C=C\CCCCCC(=O)OC(COC(=O)CCCCCCCCCCCCCCC/C=C\CCCCCCCCCC)COC(OCC[N+](C)(C)C)C(=O)[O-]. The molecule has 2 atom stereocenters. The maximum Gasteiger partial charge on any atom is 0.306 e. The minimum Gasteiger partial charge on any atom is -0.545 e. The molecule has 0 aromatic rings. The van der Waals surface area contributed by atoms with Crippen LogP contribution in [0.1, 0.15) is 232 Å². The molecule has 0 aromatic heterocycles. The van der Waals surface area contributed by atoms with E-state index in [2.05, 4.69) is 86.8 Å². The van der Waals surface area contributed by atoms with Crippen LogP contribution in [0.2, 0.25) is 0 Å². The Morgan fingerprint density at radius 1 is 0.449 bits per heavy atom. The van der Waals surface area contributed by atoms with Gasteiger partial charge in [0.15, 0.2) is 12.4 Å². The molecule has 0 aliphatic heterocycles. The molecule has 0 aliphatic carbocycles. The van der Waals surface area contributed by atoms with E-state index in [0.717, 1.165) is 70.6 Å². The molecule has 9 heteroatoms. The van der Waals surface area contributed by atoms with Crippen LogP contribution in [0.5, 0.6) is 0 Å². The van der Waals surface area contributed by atoms with E-state index < -0.39 is 24.3 Å². The molecule has 398 valence electrons. The van der Waals surface area contributed by atoms with Crippen molar-refractivity contribution in [2.45, 2.75) is 245 Å². The summed E-state index contributed by atoms with van der Waals surface area (Å²) in [6.07, 6.45) is 62.4. The number of aliphatic carboxylic acids is 1. The van der Waals surface area contributed by atoms with Gasteiger partial charge in [0.2, 0.25) is 0 Å². The lowest BCUT2D eigenvalue weighted by Crippen LogP contribution is -2.44. The fourth-order valence-corrected chi connectivity index (χ4v) is 7.62. The molecule has 0 N–H and O–H groups in total. The van der Waals surface area contributed by atoms with Gasteiger partial charge in [-0.1, -0.05) is 209 Å². The summed E-state index contributed by atoms with van der Waals surface area (Å²) in [5.74, 6) is -2.33. The van der Waals surface area contributed by atoms with Crippen molar-refractivity contribution in [3.05, 3.63) is 72.9 Å². The van der Waals surface area contributed by atoms with Crippen molar-refractivity contribution in [1.82, 2.24) is 0 Å². The maximum atomic E-state index is 12.8. The van der Waals surface area contributed by atoms with Crippen LogP contribution in [0.15, 0.2) is 72.9 Å². The second kappa shape index (κ2) is 51.1. The summed E-state index contributed by atoms with van der Waals surface area (Å²) in [7, 11) is 5.90. The zero-order chi connectivity index (χ0) is 50.6. The monoisotopic (exact) mass is 968 g/mol. The lowest BCUT2D eigenvalue weighted by Gasteiger charge is -2.26. The normalized spacial score (nSPS) is 13.3. The summed E-state index contributed by atoms with van der Waals surface area (Å²) >= 11 is 0. The molecule has 0 fully saturated rings. The molecule has 0 saturated carbocycles. The van der Waals surface area contributed by atoms with Crippen LogP contribution in [-0.2, 0) is 33.3 Å². The number of esters is 2. The standard InChI is InChI=1S/C60H105NO8/c1-6-8-10-12-14-16-18-20-22-24-26-27-28-29-30-31-33-34-36-38-40-42-44-46-48-50-57(62)67-54-56(55-68-60(59(64)65)66-53-52-61(3,4)5)69-58(63)51-49-47-45-43-41-39-37-35-32-25-23-21-19-17-15-13-11-9-7-2/h9,11,15,17,21,23-24,26,32,35,39,41,56,60H,6-8,10,12-14,16,18-20,22,25,27-31,33-34,36-38,40,42-55H2,1-5H3/b11-9-,17-15-,23-21-,26-24-,35-32-,41-39-. The summed E-state index contributed by atoms with van der Waals surface area (Å²) in [5.41, 5.74) is 0. The first-order valence-corrected chi connectivity index (χ1v) is 28.1. The van der Waals surface area contributed by atoms with Crippen molar-refractivity contribution in [2.24, 2.45) is 0 Å². The Morgan fingerprint density at radius 3 is 1.26 bits per heavy atom. The summed E-state index contributed by atoms with van der Waals surface area (Å²) in [4.78, 5) is 37.2. The largest absolute Gasteiger partial charge is 0.545 e. The number of quaternary nitrogens is 1. The van der Waals surface area contributed by atoms with E-state index in [1.807, 2.05) is 21.1 Å². The number of carbonyl (C=O) groups excluding carboxylic acids is 3. The van der Waals surface area contributed by atoms with Crippen molar-refractivity contribution in [1.29, 1.82) is 0 Å². The Morgan fingerprint density at radius 2 is 0.826 bits per heavy atom. The van der Waals surface area contributed by atoms with Gasteiger partial charge in [-0.3, -0.25) is 9.59 Å². The van der Waals surface area contributed by atoms with Gasteiger partial charge in [0.1, 0.15) is 13.2 Å². The first kappa shape index (κ1) is 65.7. The Labute approximate surface area is 424 Å². The van der Waals surface area contributed by atoms with E-state index in [-0.39, 0.29) is 38.6 Å². The molecule has 69 heavy (non-hydrogen) atoms. The minimum atomic E-state index is -1.63. The van der Waals surface area contributed by atoms with Crippen LogP contribution >= 0.6 is 0 Å².